The van der Waals surface area contributed by atoms with Gasteiger partial charge in [0.25, 0.3) is 0 Å². The molecule has 0 radical (unpaired) electrons. The summed E-state index contributed by atoms with van der Waals surface area (Å²) < 4.78 is 2.64. The topological polar surface area (TPSA) is 6.48 Å². The monoisotopic (exact) mass is 690 g/mol. The third-order valence-electron chi connectivity index (χ3n) is 10.7. The van der Waals surface area contributed by atoms with Gasteiger partial charge in [-0.3, -0.25) is 0 Å². The van der Waals surface area contributed by atoms with Gasteiger partial charge in [0.05, 0.1) is 0 Å². The molecule has 1 aromatic heterocycles. The molecule has 7 aromatic carbocycles. The summed E-state index contributed by atoms with van der Waals surface area (Å²) in [5, 5.41) is 2.65. The van der Waals surface area contributed by atoms with Gasteiger partial charge in [-0.1, -0.05) is 116 Å². The van der Waals surface area contributed by atoms with Crippen LogP contribution < -0.4 is 9.80 Å². The van der Waals surface area contributed by atoms with Crippen LogP contribution >= 0.6 is 11.3 Å². The van der Waals surface area contributed by atoms with E-state index >= 15 is 0 Å². The van der Waals surface area contributed by atoms with E-state index in [0.717, 1.165) is 17.8 Å². The van der Waals surface area contributed by atoms with Crippen molar-refractivity contribution < 1.29 is 0 Å². The molecule has 3 heteroatoms. The standard InChI is InChI=1S/C49H42N2S/c1-4-12-38(13-5-1)39-24-30-44(31-25-39)50(40-14-6-2-7-15-40)42-26-20-36(21-27-42)34-37-22-28-43(29-23-37)51(41-16-8-3-9-17-41)45-32-33-47-46-18-10-11-19-48(46)52-49(47)35-45/h2-3,6-11,14-33,35,38H,1,4-5,12-13,34H2. The molecule has 0 unspecified atom stereocenters. The average molecular weight is 691 g/mol. The Morgan fingerprint density at radius 1 is 0.404 bits per heavy atom. The highest BCUT2D eigenvalue weighted by Crippen LogP contribution is 2.41. The molecule has 0 spiro atoms. The summed E-state index contributed by atoms with van der Waals surface area (Å²) in [6.07, 6.45) is 7.61. The third-order valence-corrected chi connectivity index (χ3v) is 11.8. The molecule has 0 atom stereocenters. The zero-order chi connectivity index (χ0) is 34.7. The van der Waals surface area contributed by atoms with E-state index in [-0.39, 0.29) is 0 Å². The van der Waals surface area contributed by atoms with E-state index in [2.05, 4.69) is 186 Å². The van der Waals surface area contributed by atoms with Crippen LogP contribution in [-0.4, -0.2) is 0 Å². The van der Waals surface area contributed by atoms with Crippen molar-refractivity contribution in [3.05, 3.63) is 193 Å². The number of thiophene rings is 1. The van der Waals surface area contributed by atoms with Crippen LogP contribution in [0.25, 0.3) is 20.2 Å². The fraction of sp³-hybridized carbons (Fsp3) is 0.143. The highest BCUT2D eigenvalue weighted by Gasteiger charge is 2.18. The molecule has 0 amide bonds. The smallest absolute Gasteiger partial charge is 0.0476 e. The molecule has 9 rings (SSSR count). The van der Waals surface area contributed by atoms with E-state index in [0.29, 0.717) is 5.92 Å². The summed E-state index contributed by atoms with van der Waals surface area (Å²) in [5.41, 5.74) is 11.1. The van der Waals surface area contributed by atoms with Crippen LogP contribution in [0, 0.1) is 0 Å². The second-order valence-electron chi connectivity index (χ2n) is 14.1. The normalized spacial score (nSPS) is 13.4. The number of nitrogens with zero attached hydrogens (tertiary/aromatic N) is 2. The van der Waals surface area contributed by atoms with Crippen LogP contribution in [0.1, 0.15) is 54.7 Å². The van der Waals surface area contributed by atoms with Crippen molar-refractivity contribution in [1.29, 1.82) is 0 Å². The first-order chi connectivity index (χ1) is 25.8. The maximum Gasteiger partial charge on any atom is 0.0476 e. The lowest BCUT2D eigenvalue weighted by Crippen LogP contribution is -2.10. The van der Waals surface area contributed by atoms with Gasteiger partial charge in [-0.2, -0.15) is 0 Å². The van der Waals surface area contributed by atoms with Crippen molar-refractivity contribution in [3.63, 3.8) is 0 Å². The van der Waals surface area contributed by atoms with Crippen molar-refractivity contribution in [2.75, 3.05) is 9.80 Å². The summed E-state index contributed by atoms with van der Waals surface area (Å²) in [5.74, 6) is 0.708. The number of para-hydroxylation sites is 2. The summed E-state index contributed by atoms with van der Waals surface area (Å²) in [6, 6.07) is 64.5. The van der Waals surface area contributed by atoms with Crippen LogP contribution in [0.5, 0.6) is 0 Å². The van der Waals surface area contributed by atoms with Gasteiger partial charge in [0.15, 0.2) is 0 Å². The van der Waals surface area contributed by atoms with Gasteiger partial charge in [-0.25, -0.2) is 0 Å². The van der Waals surface area contributed by atoms with Crippen molar-refractivity contribution in [3.8, 4) is 0 Å². The molecule has 1 aliphatic carbocycles. The number of fused-ring (bicyclic) bond motifs is 3. The molecule has 8 aromatic rings. The Kier molecular flexibility index (Phi) is 9.02. The summed E-state index contributed by atoms with van der Waals surface area (Å²) in [4.78, 5) is 4.74. The number of benzene rings is 7. The summed E-state index contributed by atoms with van der Waals surface area (Å²) in [7, 11) is 0. The van der Waals surface area contributed by atoms with Gasteiger partial charge in [0.1, 0.15) is 0 Å². The van der Waals surface area contributed by atoms with Crippen LogP contribution in [0.2, 0.25) is 0 Å². The fourth-order valence-corrected chi connectivity index (χ4v) is 9.13. The zero-order valence-electron chi connectivity index (χ0n) is 29.4. The number of rotatable bonds is 9. The van der Waals surface area contributed by atoms with Gasteiger partial charge >= 0.3 is 0 Å². The zero-order valence-corrected chi connectivity index (χ0v) is 30.2. The Morgan fingerprint density at radius 3 is 1.46 bits per heavy atom. The number of anilines is 6. The first kappa shape index (κ1) is 32.3. The predicted octanol–water partition coefficient (Wildman–Crippen LogP) is 14.6. The van der Waals surface area contributed by atoms with E-state index in [1.807, 2.05) is 11.3 Å². The van der Waals surface area contributed by atoms with Crippen LogP contribution in [-0.2, 0) is 6.42 Å². The largest absolute Gasteiger partial charge is 0.311 e. The minimum atomic E-state index is 0.708. The quantitative estimate of drug-likeness (QED) is 0.149. The van der Waals surface area contributed by atoms with Crippen molar-refractivity contribution in [1.82, 2.24) is 0 Å². The van der Waals surface area contributed by atoms with E-state index in [4.69, 9.17) is 0 Å². The van der Waals surface area contributed by atoms with Gasteiger partial charge in [-0.15, -0.1) is 11.3 Å². The van der Waals surface area contributed by atoms with Crippen LogP contribution in [0.15, 0.2) is 176 Å². The third kappa shape index (κ3) is 6.61. The molecule has 52 heavy (non-hydrogen) atoms. The maximum absolute atomic E-state index is 2.37. The van der Waals surface area contributed by atoms with Crippen molar-refractivity contribution in [2.24, 2.45) is 0 Å². The van der Waals surface area contributed by atoms with Crippen LogP contribution in [0.4, 0.5) is 34.1 Å². The lowest BCUT2D eigenvalue weighted by molar-refractivity contribution is 0.443. The van der Waals surface area contributed by atoms with Gasteiger partial charge in [-0.05, 0) is 121 Å². The Morgan fingerprint density at radius 2 is 0.865 bits per heavy atom. The molecule has 1 heterocycles. The molecule has 0 N–H and O–H groups in total. The first-order valence-electron chi connectivity index (χ1n) is 18.7. The fourth-order valence-electron chi connectivity index (χ4n) is 8.00. The molecule has 1 saturated carbocycles. The minimum Gasteiger partial charge on any atom is -0.311 e. The van der Waals surface area contributed by atoms with E-state index in [9.17, 15) is 0 Å². The highest BCUT2D eigenvalue weighted by molar-refractivity contribution is 7.25. The van der Waals surface area contributed by atoms with Crippen molar-refractivity contribution >= 4 is 65.6 Å². The first-order valence-corrected chi connectivity index (χ1v) is 19.5. The average Bonchev–Trinajstić information content (AvgIpc) is 3.59. The van der Waals surface area contributed by atoms with Gasteiger partial charge < -0.3 is 9.80 Å². The SMILES string of the molecule is c1ccc(N(c2ccc(Cc3ccc(N(c4ccccc4)c4ccc5c(c4)sc4ccccc45)cc3)cc2)c2ccc(C3CCCCC3)cc2)cc1. The van der Waals surface area contributed by atoms with Crippen molar-refractivity contribution in [2.45, 2.75) is 44.4 Å². The predicted molar refractivity (Wildman–Crippen MR) is 224 cm³/mol. The molecule has 1 fully saturated rings. The molecular formula is C49H42N2S. The Hall–Kier alpha value is -5.64. The minimum absolute atomic E-state index is 0.708. The van der Waals surface area contributed by atoms with E-state index in [1.165, 1.54) is 91.7 Å². The Labute approximate surface area is 311 Å². The van der Waals surface area contributed by atoms with E-state index in [1.54, 1.807) is 0 Å². The molecular weight excluding hydrogens is 649 g/mol. The second kappa shape index (κ2) is 14.5. The highest BCUT2D eigenvalue weighted by atomic mass is 32.1. The molecule has 0 saturated heterocycles. The Balaban J connectivity index is 0.967. The maximum atomic E-state index is 2.37. The molecule has 254 valence electrons. The molecule has 1 aliphatic rings. The number of hydrogen-bond donors (Lipinski definition) is 0. The second-order valence-corrected chi connectivity index (χ2v) is 15.1. The van der Waals surface area contributed by atoms with Gasteiger partial charge in [0, 0.05) is 54.3 Å². The summed E-state index contributed by atoms with van der Waals surface area (Å²) in [6.45, 7) is 0. The van der Waals surface area contributed by atoms with Crippen LogP contribution in [0.3, 0.4) is 0 Å². The summed E-state index contributed by atoms with van der Waals surface area (Å²) >= 11 is 1.86. The van der Waals surface area contributed by atoms with E-state index < -0.39 is 0 Å². The molecule has 2 nitrogen and oxygen atoms in total. The molecule has 0 bridgehead atoms. The molecule has 0 aliphatic heterocycles. The Bertz CT molecular complexity index is 2390. The number of hydrogen-bond acceptors (Lipinski definition) is 3. The van der Waals surface area contributed by atoms with Gasteiger partial charge in [0.2, 0.25) is 0 Å². The lowest BCUT2D eigenvalue weighted by atomic mass is 9.84. The lowest BCUT2D eigenvalue weighted by Gasteiger charge is -2.27.